The number of benzene rings is 1. The van der Waals surface area contributed by atoms with Crippen molar-refractivity contribution in [3.05, 3.63) is 83.4 Å². The average Bonchev–Trinajstić information content (AvgIpc) is 2.86. The molecule has 0 spiro atoms. The van der Waals surface area contributed by atoms with Crippen molar-refractivity contribution in [1.82, 2.24) is 0 Å². The smallest absolute Gasteiger partial charge is 0.0769 e. The van der Waals surface area contributed by atoms with Crippen LogP contribution in [0, 0.1) is 20.8 Å². The predicted octanol–water partition coefficient (Wildman–Crippen LogP) is 7.37. The molecule has 0 saturated heterocycles. The van der Waals surface area contributed by atoms with Gasteiger partial charge in [-0.15, -0.1) is 0 Å². The lowest BCUT2D eigenvalue weighted by molar-refractivity contribution is 1.52. The Bertz CT molecular complexity index is 1370. The molecule has 7 heteroatoms. The maximum absolute atomic E-state index is 2.57. The zero-order valence-corrected chi connectivity index (χ0v) is 33.4. The highest BCUT2D eigenvalue weighted by molar-refractivity contribution is 7.64. The minimum Gasteiger partial charge on any atom is -0.0769 e. The highest BCUT2D eigenvalue weighted by atomic mass is 31.0. The summed E-state index contributed by atoms with van der Waals surface area (Å²) in [6.07, 6.45) is 0. The highest BCUT2D eigenvalue weighted by Gasteiger charge is 2.47. The minimum absolute atomic E-state index is 1.48. The number of hydrogen-bond donors (Lipinski definition) is 0. The van der Waals surface area contributed by atoms with Gasteiger partial charge in [-0.3, -0.25) is 0 Å². The van der Waals surface area contributed by atoms with Gasteiger partial charge in [0.1, 0.15) is 0 Å². The van der Waals surface area contributed by atoms with Gasteiger partial charge < -0.3 is 0 Å². The first-order valence-electron chi connectivity index (χ1n) is 14.5. The van der Waals surface area contributed by atoms with Crippen molar-refractivity contribution in [2.45, 2.75) is 79.7 Å². The van der Waals surface area contributed by atoms with Crippen molar-refractivity contribution in [2.24, 2.45) is 0 Å². The molecule has 0 atom stereocenters. The van der Waals surface area contributed by atoms with E-state index in [0.29, 0.717) is 0 Å². The van der Waals surface area contributed by atoms with Gasteiger partial charge in [-0.05, 0) is 72.2 Å². The fourth-order valence-electron chi connectivity index (χ4n) is 5.41. The molecule has 0 aliphatic heterocycles. The zero-order chi connectivity index (χ0) is 29.7. The Labute approximate surface area is 253 Å². The molecule has 3 aromatic heterocycles. The molecule has 1 aromatic carbocycles. The molecule has 0 nitrogen and oxygen atoms in total. The molecule has 0 unspecified atom stereocenters. The molecular formula is C33H47P3Si4. The van der Waals surface area contributed by atoms with Crippen molar-refractivity contribution in [3.8, 4) is 0 Å². The predicted molar refractivity (Wildman–Crippen MR) is 201 cm³/mol. The Morgan fingerprint density at radius 1 is 0.400 bits per heavy atom. The quantitative estimate of drug-likeness (QED) is 0.184. The van der Waals surface area contributed by atoms with Crippen LogP contribution >= 0.6 is 24.6 Å². The van der Waals surface area contributed by atoms with Gasteiger partial charge in [0.2, 0.25) is 0 Å². The van der Waals surface area contributed by atoms with Crippen LogP contribution in [-0.2, 0) is 0 Å². The number of rotatable bonds is 7. The summed E-state index contributed by atoms with van der Waals surface area (Å²) < 4.78 is 0. The monoisotopic (exact) mass is 648 g/mol. The first-order valence-corrected chi connectivity index (χ1v) is 29.7. The van der Waals surface area contributed by atoms with Gasteiger partial charge in [0, 0.05) is 0 Å². The third kappa shape index (κ3) is 6.21. The van der Waals surface area contributed by atoms with Gasteiger partial charge in [0.15, 0.2) is 8.07 Å². The number of aryl methyl sites for hydroxylation is 3. The Morgan fingerprint density at radius 3 is 0.975 bits per heavy atom. The second-order valence-electron chi connectivity index (χ2n) is 14.5. The first kappa shape index (κ1) is 32.0. The molecule has 0 aliphatic carbocycles. The lowest BCUT2D eigenvalue weighted by Gasteiger charge is -2.38. The molecule has 3 heterocycles. The Kier molecular flexibility index (Phi) is 9.28. The van der Waals surface area contributed by atoms with Crippen molar-refractivity contribution < 1.29 is 0 Å². The summed E-state index contributed by atoms with van der Waals surface area (Å²) in [5.41, 5.74) is 4.50. The molecule has 40 heavy (non-hydrogen) atoms. The molecule has 0 saturated carbocycles. The van der Waals surface area contributed by atoms with E-state index >= 15 is 0 Å². The topological polar surface area (TPSA) is 0 Å². The molecule has 0 bridgehead atoms. The van der Waals surface area contributed by atoms with E-state index in [1.807, 2.05) is 0 Å². The fourth-order valence-corrected chi connectivity index (χ4v) is 26.4. The van der Waals surface area contributed by atoms with Crippen molar-refractivity contribution in [3.63, 3.8) is 0 Å². The molecular weight excluding hydrogens is 602 g/mol. The zero-order valence-electron chi connectivity index (χ0n) is 26.7. The summed E-state index contributed by atoms with van der Waals surface area (Å²) in [6.45, 7) is 29.9. The van der Waals surface area contributed by atoms with Crippen LogP contribution in [0.15, 0.2) is 66.7 Å². The van der Waals surface area contributed by atoms with Crippen LogP contribution in [-0.4, -0.2) is 32.3 Å². The fraction of sp³-hybridized carbons (Fsp3) is 0.364. The highest BCUT2D eigenvalue weighted by Crippen LogP contribution is 2.26. The van der Waals surface area contributed by atoms with Gasteiger partial charge in [0.25, 0.3) is 0 Å². The molecule has 0 fully saturated rings. The van der Waals surface area contributed by atoms with E-state index in [1.165, 1.54) is 41.3 Å². The molecule has 4 aromatic rings. The van der Waals surface area contributed by atoms with Gasteiger partial charge in [0.05, 0.1) is 24.2 Å². The molecule has 210 valence electrons. The summed E-state index contributed by atoms with van der Waals surface area (Å²) in [4.78, 5) is 10.2. The van der Waals surface area contributed by atoms with Crippen LogP contribution in [0.1, 0.15) is 16.7 Å². The van der Waals surface area contributed by atoms with Crippen LogP contribution in [0.4, 0.5) is 0 Å². The summed E-state index contributed by atoms with van der Waals surface area (Å²) in [5.74, 6) is 0. The normalized spacial score (nSPS) is 14.8. The third-order valence-corrected chi connectivity index (χ3v) is 31.5. The minimum atomic E-state index is -2.57. The third-order valence-electron chi connectivity index (χ3n) is 7.87. The van der Waals surface area contributed by atoms with Crippen molar-refractivity contribution in [2.75, 3.05) is 0 Å². The summed E-state index contributed by atoms with van der Waals surface area (Å²) >= 11 is 0. The van der Waals surface area contributed by atoms with E-state index in [0.717, 1.165) is 0 Å². The second kappa shape index (κ2) is 11.6. The molecule has 4 rings (SSSR count). The summed E-state index contributed by atoms with van der Waals surface area (Å²) in [6, 6.07) is 26.7. The van der Waals surface area contributed by atoms with Gasteiger partial charge in [-0.2, -0.15) is 0 Å². The van der Waals surface area contributed by atoms with Crippen LogP contribution in [0.25, 0.3) is 0 Å². The molecule has 0 aliphatic rings. The molecule has 0 N–H and O–H groups in total. The lowest BCUT2D eigenvalue weighted by atomic mass is 10.3. The van der Waals surface area contributed by atoms with Crippen LogP contribution in [0.3, 0.4) is 0 Å². The van der Waals surface area contributed by atoms with Crippen molar-refractivity contribution in [1.29, 1.82) is 0 Å². The second-order valence-corrected chi connectivity index (χ2v) is 39.1. The van der Waals surface area contributed by atoms with E-state index in [1.54, 1.807) is 34.7 Å². The SMILES string of the molecule is Cc1ccc([Si](C)(C)C)pc1[Si](c1ccccc1)(c1pc([Si](C)(C)C)ccc1C)c1pc([Si](C)(C)C)ccc1C. The van der Waals surface area contributed by atoms with Crippen molar-refractivity contribution >= 4 is 91.6 Å². The first-order chi connectivity index (χ1) is 18.5. The Hall–Kier alpha value is -0.962. The maximum Gasteiger partial charge on any atom is 0.194 e. The van der Waals surface area contributed by atoms with Gasteiger partial charge >= 0.3 is 0 Å². The largest absolute Gasteiger partial charge is 0.194 e. The lowest BCUT2D eigenvalue weighted by Crippen LogP contribution is -2.75. The summed E-state index contributed by atoms with van der Waals surface area (Å²) in [5, 5.41) is 1.57. The standard InChI is InChI=1S/C33H47P3Si4/c1-24-18-21-28(37(4,5)6)34-31(24)40(27-16-14-13-15-17-27,32-25(2)19-22-29(35-32)38(7,8)9)33-26(3)20-23-30(36-33)39(10,11)12/h13-23H,1-12H3. The van der Waals surface area contributed by atoms with Gasteiger partial charge in [-0.1, -0.05) is 150 Å². The average molecular weight is 649 g/mol. The Balaban J connectivity index is 2.33. The van der Waals surface area contributed by atoms with Crippen LogP contribution < -0.4 is 34.7 Å². The Morgan fingerprint density at radius 2 is 0.700 bits per heavy atom. The number of hydrogen-bond acceptors (Lipinski definition) is 0. The maximum atomic E-state index is 2.52. The molecule has 0 radical (unpaired) electrons. The van der Waals surface area contributed by atoms with E-state index < -0.39 is 32.3 Å². The van der Waals surface area contributed by atoms with Crippen LogP contribution in [0.2, 0.25) is 58.9 Å². The summed E-state index contributed by atoms with van der Waals surface area (Å²) in [7, 11) is -2.58. The van der Waals surface area contributed by atoms with Gasteiger partial charge in [-0.25, -0.2) is 0 Å². The van der Waals surface area contributed by atoms with E-state index in [4.69, 9.17) is 0 Å². The van der Waals surface area contributed by atoms with E-state index in [-0.39, 0.29) is 0 Å². The van der Waals surface area contributed by atoms with E-state index in [9.17, 15) is 0 Å². The van der Waals surface area contributed by atoms with Crippen LogP contribution in [0.5, 0.6) is 0 Å². The molecule has 0 amide bonds. The van der Waals surface area contributed by atoms with E-state index in [2.05, 4.69) is 146 Å².